The van der Waals surface area contributed by atoms with Crippen LogP contribution in [0.1, 0.15) is 0 Å². The van der Waals surface area contributed by atoms with Gasteiger partial charge in [0.25, 0.3) is 10.0 Å². The predicted molar refractivity (Wildman–Crippen MR) is 105 cm³/mol. The number of carbonyl (C=O) groups excluding carboxylic acids is 1. The summed E-state index contributed by atoms with van der Waals surface area (Å²) in [6, 6.07) is 14.8. The Morgan fingerprint density at radius 2 is 1.96 bits per heavy atom. The van der Waals surface area contributed by atoms with Crippen LogP contribution in [0.15, 0.2) is 71.1 Å². The summed E-state index contributed by atoms with van der Waals surface area (Å²) in [5, 5.41) is 4.56. The van der Waals surface area contributed by atoms with Gasteiger partial charge in [0, 0.05) is 23.3 Å². The number of carbonyl (C=O) groups is 1. The Morgan fingerprint density at radius 3 is 2.63 bits per heavy atom. The molecule has 0 aliphatic heterocycles. The smallest absolute Gasteiger partial charge is 0.266 e. The van der Waals surface area contributed by atoms with Gasteiger partial charge in [0.05, 0.1) is 12.0 Å². The molecule has 0 fully saturated rings. The Labute approximate surface area is 161 Å². The van der Waals surface area contributed by atoms with Crippen molar-refractivity contribution in [1.82, 2.24) is 4.98 Å². The maximum absolute atomic E-state index is 13.0. The number of rotatable bonds is 7. The molecule has 140 valence electrons. The average molecular weight is 403 g/mol. The fourth-order valence-corrected chi connectivity index (χ4v) is 4.61. The van der Waals surface area contributed by atoms with E-state index in [1.807, 2.05) is 0 Å². The predicted octanol–water partition coefficient (Wildman–Crippen LogP) is 2.99. The van der Waals surface area contributed by atoms with E-state index in [4.69, 9.17) is 4.74 Å². The molecule has 0 bridgehead atoms. The van der Waals surface area contributed by atoms with Crippen molar-refractivity contribution in [3.8, 4) is 5.75 Å². The number of sulfonamides is 1. The van der Waals surface area contributed by atoms with Crippen LogP contribution >= 0.6 is 11.3 Å². The zero-order chi connectivity index (χ0) is 19.3. The molecule has 1 aromatic heterocycles. The summed E-state index contributed by atoms with van der Waals surface area (Å²) in [5.41, 5.74) is 0.510. The van der Waals surface area contributed by atoms with Gasteiger partial charge in [-0.05, 0) is 24.3 Å². The highest BCUT2D eigenvalue weighted by Crippen LogP contribution is 2.25. The van der Waals surface area contributed by atoms with E-state index in [1.165, 1.54) is 25.4 Å². The van der Waals surface area contributed by atoms with Gasteiger partial charge in [-0.25, -0.2) is 17.7 Å². The van der Waals surface area contributed by atoms with Gasteiger partial charge in [-0.15, -0.1) is 11.3 Å². The molecule has 3 rings (SSSR count). The second-order valence-corrected chi connectivity index (χ2v) is 8.15. The third-order valence-electron chi connectivity index (χ3n) is 3.60. The number of hydrogen-bond acceptors (Lipinski definition) is 6. The second kappa shape index (κ2) is 8.19. The van der Waals surface area contributed by atoms with Gasteiger partial charge in [0.2, 0.25) is 5.91 Å². The van der Waals surface area contributed by atoms with Crippen LogP contribution in [0.4, 0.5) is 10.8 Å². The van der Waals surface area contributed by atoms with Crippen LogP contribution in [0, 0.1) is 0 Å². The first-order chi connectivity index (χ1) is 13.0. The van der Waals surface area contributed by atoms with Gasteiger partial charge in [0.15, 0.2) is 5.13 Å². The summed E-state index contributed by atoms with van der Waals surface area (Å²) in [5.74, 6) is 0.0967. The highest BCUT2D eigenvalue weighted by atomic mass is 32.2. The van der Waals surface area contributed by atoms with E-state index in [9.17, 15) is 13.2 Å². The van der Waals surface area contributed by atoms with Crippen molar-refractivity contribution in [3.05, 3.63) is 66.2 Å². The first-order valence-corrected chi connectivity index (χ1v) is 10.2. The molecule has 7 nitrogen and oxygen atoms in total. The number of benzene rings is 2. The number of anilines is 2. The van der Waals surface area contributed by atoms with E-state index in [-0.39, 0.29) is 10.0 Å². The van der Waals surface area contributed by atoms with Gasteiger partial charge in [-0.1, -0.05) is 24.3 Å². The molecule has 0 spiro atoms. The van der Waals surface area contributed by atoms with Gasteiger partial charge in [-0.2, -0.15) is 0 Å². The van der Waals surface area contributed by atoms with Crippen molar-refractivity contribution < 1.29 is 17.9 Å². The van der Waals surface area contributed by atoms with Crippen molar-refractivity contribution in [2.45, 2.75) is 4.90 Å². The van der Waals surface area contributed by atoms with Crippen LogP contribution in [-0.2, 0) is 14.8 Å². The molecule has 1 N–H and O–H groups in total. The Hall–Kier alpha value is -2.91. The minimum Gasteiger partial charge on any atom is -0.497 e. The number of nitrogens with zero attached hydrogens (tertiary/aromatic N) is 2. The molecule has 27 heavy (non-hydrogen) atoms. The molecule has 0 saturated heterocycles. The zero-order valence-corrected chi connectivity index (χ0v) is 16.0. The van der Waals surface area contributed by atoms with Crippen molar-refractivity contribution >= 4 is 38.1 Å². The van der Waals surface area contributed by atoms with Gasteiger partial charge in [-0.3, -0.25) is 4.79 Å². The Kier molecular flexibility index (Phi) is 5.72. The molecular formula is C18H17N3O4S2. The van der Waals surface area contributed by atoms with Crippen molar-refractivity contribution in [1.29, 1.82) is 0 Å². The molecule has 3 aromatic rings. The van der Waals surface area contributed by atoms with E-state index in [2.05, 4.69) is 10.3 Å². The van der Waals surface area contributed by atoms with Gasteiger partial charge in [0.1, 0.15) is 12.3 Å². The summed E-state index contributed by atoms with van der Waals surface area (Å²) in [6.07, 6.45) is 1.49. The number of ether oxygens (including phenoxy) is 1. The lowest BCUT2D eigenvalue weighted by molar-refractivity contribution is -0.114. The molecule has 9 heteroatoms. The summed E-state index contributed by atoms with van der Waals surface area (Å²) < 4.78 is 32.1. The minimum atomic E-state index is -3.93. The van der Waals surface area contributed by atoms with Crippen LogP contribution in [0.2, 0.25) is 0 Å². The van der Waals surface area contributed by atoms with E-state index in [0.29, 0.717) is 11.4 Å². The quantitative estimate of drug-likeness (QED) is 0.655. The lowest BCUT2D eigenvalue weighted by atomic mass is 10.3. The van der Waals surface area contributed by atoms with Crippen LogP contribution in [0.3, 0.4) is 0 Å². The summed E-state index contributed by atoms with van der Waals surface area (Å²) in [4.78, 5) is 16.7. The largest absolute Gasteiger partial charge is 0.497 e. The number of nitrogens with one attached hydrogen (secondary N) is 1. The molecule has 2 aromatic carbocycles. The average Bonchev–Trinajstić information content (AvgIpc) is 3.21. The SMILES string of the molecule is COc1cccc(NC(=O)CN(c2nccs2)S(=O)(=O)c2ccccc2)c1. The molecule has 0 saturated carbocycles. The third kappa shape index (κ3) is 4.44. The standard InChI is InChI=1S/C18H17N3O4S2/c1-25-15-7-5-6-14(12-15)20-17(22)13-21(18-19-10-11-26-18)27(23,24)16-8-3-2-4-9-16/h2-12H,13H2,1H3,(H,20,22). The molecule has 0 radical (unpaired) electrons. The van der Waals surface area contributed by atoms with Crippen LogP contribution in [-0.4, -0.2) is 33.0 Å². The fourth-order valence-electron chi connectivity index (χ4n) is 2.35. The number of amides is 1. The van der Waals surface area contributed by atoms with E-state index in [1.54, 1.807) is 47.8 Å². The molecule has 0 unspecified atom stereocenters. The number of thiazole rings is 1. The van der Waals surface area contributed by atoms with Gasteiger partial charge >= 0.3 is 0 Å². The maximum atomic E-state index is 13.0. The first-order valence-electron chi connectivity index (χ1n) is 7.92. The summed E-state index contributed by atoms with van der Waals surface area (Å²) >= 11 is 1.14. The lowest BCUT2D eigenvalue weighted by Gasteiger charge is -2.21. The molecule has 0 aliphatic carbocycles. The monoisotopic (exact) mass is 403 g/mol. The van der Waals surface area contributed by atoms with Crippen molar-refractivity contribution in [2.75, 3.05) is 23.3 Å². The fraction of sp³-hybridized carbons (Fsp3) is 0.111. The lowest BCUT2D eigenvalue weighted by Crippen LogP contribution is -2.38. The van der Waals surface area contributed by atoms with E-state index in [0.717, 1.165) is 15.6 Å². The maximum Gasteiger partial charge on any atom is 0.266 e. The highest BCUT2D eigenvalue weighted by molar-refractivity contribution is 7.93. The topological polar surface area (TPSA) is 88.6 Å². The first kappa shape index (κ1) is 18.9. The van der Waals surface area contributed by atoms with E-state index < -0.39 is 22.5 Å². The van der Waals surface area contributed by atoms with Crippen LogP contribution in [0.5, 0.6) is 5.75 Å². The Bertz CT molecular complexity index is 1010. The molecule has 0 atom stereocenters. The number of aromatic nitrogens is 1. The Balaban J connectivity index is 1.85. The third-order valence-corrected chi connectivity index (χ3v) is 6.26. The molecule has 1 heterocycles. The van der Waals surface area contributed by atoms with Gasteiger partial charge < -0.3 is 10.1 Å². The normalized spacial score (nSPS) is 11.0. The second-order valence-electron chi connectivity index (χ2n) is 5.42. The van der Waals surface area contributed by atoms with Crippen molar-refractivity contribution in [2.24, 2.45) is 0 Å². The molecular weight excluding hydrogens is 386 g/mol. The summed E-state index contributed by atoms with van der Waals surface area (Å²) in [7, 11) is -2.40. The van der Waals surface area contributed by atoms with Crippen LogP contribution < -0.4 is 14.4 Å². The van der Waals surface area contributed by atoms with Crippen LogP contribution in [0.25, 0.3) is 0 Å². The number of methoxy groups -OCH3 is 1. The minimum absolute atomic E-state index is 0.0920. The zero-order valence-electron chi connectivity index (χ0n) is 14.4. The molecule has 0 aliphatic rings. The van der Waals surface area contributed by atoms with Crippen molar-refractivity contribution in [3.63, 3.8) is 0 Å². The number of hydrogen-bond donors (Lipinski definition) is 1. The highest BCUT2D eigenvalue weighted by Gasteiger charge is 2.28. The Morgan fingerprint density at radius 1 is 1.19 bits per heavy atom. The van der Waals surface area contributed by atoms with E-state index >= 15 is 0 Å². The molecule has 1 amide bonds. The summed E-state index contributed by atoms with van der Waals surface area (Å²) in [6.45, 7) is -0.401.